The summed E-state index contributed by atoms with van der Waals surface area (Å²) in [6.07, 6.45) is 1.32. The van der Waals surface area contributed by atoms with Crippen LogP contribution < -0.4 is 15.5 Å². The average molecular weight is 584 g/mol. The minimum absolute atomic E-state index is 0. The van der Waals surface area contributed by atoms with Crippen molar-refractivity contribution in [3.8, 4) is 26.9 Å². The third-order valence-corrected chi connectivity index (χ3v) is 8.17. The van der Waals surface area contributed by atoms with E-state index in [9.17, 15) is 9.59 Å². The number of hydrogen-bond donors (Lipinski definition) is 2. The third kappa shape index (κ3) is 6.14. The van der Waals surface area contributed by atoms with Crippen molar-refractivity contribution in [1.29, 1.82) is 0 Å². The molecule has 0 aliphatic carbocycles. The fraction of sp³-hybridized carbons (Fsp3) is 0.286. The van der Waals surface area contributed by atoms with Crippen LogP contribution in [0.5, 0.6) is 5.75 Å². The third-order valence-electron chi connectivity index (χ3n) is 6.07. The molecule has 2 N–H and O–H groups in total. The zero-order valence-electron chi connectivity index (χ0n) is 22.1. The van der Waals surface area contributed by atoms with E-state index in [1.165, 1.54) is 17.4 Å². The van der Waals surface area contributed by atoms with E-state index in [4.69, 9.17) is 14.7 Å². The van der Waals surface area contributed by atoms with Crippen molar-refractivity contribution in [1.82, 2.24) is 20.3 Å². The van der Waals surface area contributed by atoms with Gasteiger partial charge in [-0.3, -0.25) is 15.0 Å². The minimum Gasteiger partial charge on any atom is -0.492 e. The molecule has 0 radical (unpaired) electrons. The van der Waals surface area contributed by atoms with Gasteiger partial charge in [-0.25, -0.2) is 9.97 Å². The van der Waals surface area contributed by atoms with Gasteiger partial charge in [-0.15, -0.1) is 35.1 Å². The van der Waals surface area contributed by atoms with Gasteiger partial charge in [0.25, 0.3) is 11.8 Å². The summed E-state index contributed by atoms with van der Waals surface area (Å²) in [6, 6.07) is 11.9. The lowest BCUT2D eigenvalue weighted by molar-refractivity contribution is -0.135. The summed E-state index contributed by atoms with van der Waals surface area (Å²) < 4.78 is 5.88. The standard InChI is InChI=1S/C28H29N5O3S2.ClH/c1-16(2)15-29-11-12-36-20-9-7-19(8-10-20)24-18(4)23-26(32-33-22(34)14-17(3)28(33)35)30-25(31-27(23)38-24)21-6-5-13-37-21;/h5-10,13-14,16,29H,11-12,15H2,1-4H3,(H,30,31,32);1H. The van der Waals surface area contributed by atoms with Crippen LogP contribution in [-0.2, 0) is 9.59 Å². The second kappa shape index (κ2) is 12.3. The Morgan fingerprint density at radius 1 is 1.08 bits per heavy atom. The van der Waals surface area contributed by atoms with Crippen LogP contribution in [0.4, 0.5) is 5.82 Å². The Morgan fingerprint density at radius 2 is 1.85 bits per heavy atom. The summed E-state index contributed by atoms with van der Waals surface area (Å²) in [7, 11) is 0. The maximum absolute atomic E-state index is 12.6. The van der Waals surface area contributed by atoms with E-state index in [1.54, 1.807) is 18.3 Å². The largest absolute Gasteiger partial charge is 0.492 e. The number of amides is 2. The number of carbonyl (C=O) groups excluding carboxylic acids is 2. The lowest BCUT2D eigenvalue weighted by atomic mass is 10.1. The number of halogens is 1. The predicted octanol–water partition coefficient (Wildman–Crippen LogP) is 6.08. The number of aryl methyl sites for hydroxylation is 1. The number of imide groups is 1. The highest BCUT2D eigenvalue weighted by Gasteiger charge is 2.30. The Hall–Kier alpha value is -3.31. The summed E-state index contributed by atoms with van der Waals surface area (Å²) in [5.41, 5.74) is 5.37. The fourth-order valence-corrected chi connectivity index (χ4v) is 5.99. The summed E-state index contributed by atoms with van der Waals surface area (Å²) >= 11 is 3.09. The molecule has 2 amide bonds. The number of hydrazine groups is 1. The first-order valence-corrected chi connectivity index (χ1v) is 14.1. The van der Waals surface area contributed by atoms with Crippen LogP contribution in [0.1, 0.15) is 26.3 Å². The Labute approximate surface area is 241 Å². The first kappa shape index (κ1) is 28.7. The van der Waals surface area contributed by atoms with Gasteiger partial charge < -0.3 is 10.1 Å². The summed E-state index contributed by atoms with van der Waals surface area (Å²) in [5.74, 6) is 1.59. The number of aromatic nitrogens is 2. The van der Waals surface area contributed by atoms with E-state index in [0.717, 1.165) is 54.9 Å². The SMILES string of the molecule is CC1=CC(=O)N(Nc2nc(-c3cccs3)nc3sc(-c4ccc(OCCNCC(C)C)cc4)c(C)c23)C1=O.Cl. The number of carbonyl (C=O) groups is 2. The fourth-order valence-electron chi connectivity index (χ4n) is 4.15. The van der Waals surface area contributed by atoms with E-state index in [0.29, 0.717) is 29.7 Å². The van der Waals surface area contributed by atoms with Gasteiger partial charge in [0.2, 0.25) is 0 Å². The molecule has 5 rings (SSSR count). The van der Waals surface area contributed by atoms with Crippen molar-refractivity contribution < 1.29 is 14.3 Å². The van der Waals surface area contributed by atoms with Crippen molar-refractivity contribution in [3.05, 3.63) is 59.0 Å². The van der Waals surface area contributed by atoms with Gasteiger partial charge in [0.05, 0.1) is 10.3 Å². The molecule has 11 heteroatoms. The smallest absolute Gasteiger partial charge is 0.275 e. The molecule has 1 aliphatic rings. The highest BCUT2D eigenvalue weighted by atomic mass is 35.5. The number of hydrogen-bond acceptors (Lipinski definition) is 9. The summed E-state index contributed by atoms with van der Waals surface area (Å²) in [6.45, 7) is 10.4. The zero-order chi connectivity index (χ0) is 26.8. The quantitative estimate of drug-likeness (QED) is 0.172. The highest BCUT2D eigenvalue weighted by Crippen LogP contribution is 2.42. The van der Waals surface area contributed by atoms with Crippen molar-refractivity contribution in [3.63, 3.8) is 0 Å². The Bertz CT molecular complexity index is 1510. The number of thiophene rings is 2. The van der Waals surface area contributed by atoms with Crippen molar-refractivity contribution >= 4 is 62.9 Å². The average Bonchev–Trinajstić information content (AvgIpc) is 3.60. The van der Waals surface area contributed by atoms with Gasteiger partial charge in [-0.2, -0.15) is 5.01 Å². The van der Waals surface area contributed by atoms with Gasteiger partial charge in [0.1, 0.15) is 17.2 Å². The van der Waals surface area contributed by atoms with Crippen LogP contribution in [0.2, 0.25) is 0 Å². The molecule has 1 aromatic carbocycles. The molecule has 3 aromatic heterocycles. The lowest BCUT2D eigenvalue weighted by Crippen LogP contribution is -2.36. The topological polar surface area (TPSA) is 96.5 Å². The van der Waals surface area contributed by atoms with E-state index >= 15 is 0 Å². The first-order valence-electron chi connectivity index (χ1n) is 12.4. The maximum Gasteiger partial charge on any atom is 0.275 e. The van der Waals surface area contributed by atoms with Crippen LogP contribution in [0.25, 0.3) is 31.4 Å². The van der Waals surface area contributed by atoms with Gasteiger partial charge in [0, 0.05) is 23.1 Å². The van der Waals surface area contributed by atoms with Crippen LogP contribution >= 0.6 is 35.1 Å². The van der Waals surface area contributed by atoms with E-state index in [2.05, 4.69) is 24.6 Å². The molecule has 0 bridgehead atoms. The molecular formula is C28H30ClN5O3S2. The van der Waals surface area contributed by atoms with Crippen molar-refractivity contribution in [2.75, 3.05) is 25.1 Å². The van der Waals surface area contributed by atoms with Crippen LogP contribution in [0.3, 0.4) is 0 Å². The Kier molecular flexibility index (Phi) is 9.01. The van der Waals surface area contributed by atoms with Crippen LogP contribution in [0.15, 0.2) is 53.4 Å². The van der Waals surface area contributed by atoms with Crippen LogP contribution in [-0.4, -0.2) is 46.5 Å². The van der Waals surface area contributed by atoms with Gasteiger partial charge in [-0.05, 0) is 73.1 Å². The van der Waals surface area contributed by atoms with E-state index in [-0.39, 0.29) is 18.3 Å². The zero-order valence-corrected chi connectivity index (χ0v) is 24.6. The van der Waals surface area contributed by atoms with Gasteiger partial charge in [0.15, 0.2) is 11.6 Å². The maximum atomic E-state index is 12.6. The molecule has 204 valence electrons. The molecule has 4 heterocycles. The van der Waals surface area contributed by atoms with Crippen molar-refractivity contribution in [2.24, 2.45) is 5.92 Å². The number of ether oxygens (including phenoxy) is 1. The molecule has 8 nitrogen and oxygen atoms in total. The first-order chi connectivity index (χ1) is 18.3. The lowest BCUT2D eigenvalue weighted by Gasteiger charge is -2.17. The second-order valence-corrected chi connectivity index (χ2v) is 11.4. The molecule has 0 spiro atoms. The highest BCUT2D eigenvalue weighted by molar-refractivity contribution is 7.22. The van der Waals surface area contributed by atoms with Crippen LogP contribution in [0, 0.1) is 12.8 Å². The van der Waals surface area contributed by atoms with Gasteiger partial charge in [-0.1, -0.05) is 19.9 Å². The Balaban J connectivity index is 0.00000353. The number of nitrogens with one attached hydrogen (secondary N) is 2. The molecule has 0 saturated carbocycles. The summed E-state index contributed by atoms with van der Waals surface area (Å²) in [4.78, 5) is 37.3. The van der Waals surface area contributed by atoms with Crippen molar-refractivity contribution in [2.45, 2.75) is 27.7 Å². The monoisotopic (exact) mass is 583 g/mol. The number of benzene rings is 1. The molecule has 0 saturated heterocycles. The molecule has 0 atom stereocenters. The Morgan fingerprint density at radius 3 is 2.49 bits per heavy atom. The van der Waals surface area contributed by atoms with E-state index < -0.39 is 5.91 Å². The number of nitrogens with zero attached hydrogens (tertiary/aromatic N) is 3. The number of rotatable bonds is 10. The molecule has 4 aromatic rings. The van der Waals surface area contributed by atoms with E-state index in [1.807, 2.05) is 48.7 Å². The predicted molar refractivity (Wildman–Crippen MR) is 161 cm³/mol. The second-order valence-electron chi connectivity index (χ2n) is 9.50. The number of fused-ring (bicyclic) bond motifs is 1. The normalized spacial score (nSPS) is 13.3. The molecule has 0 fully saturated rings. The van der Waals surface area contributed by atoms with Gasteiger partial charge >= 0.3 is 0 Å². The molecule has 39 heavy (non-hydrogen) atoms. The molecule has 0 unspecified atom stereocenters. The molecule has 1 aliphatic heterocycles. The number of anilines is 1. The molecular weight excluding hydrogens is 554 g/mol. The minimum atomic E-state index is -0.417. The summed E-state index contributed by atoms with van der Waals surface area (Å²) in [5, 5.41) is 7.13.